The van der Waals surface area contributed by atoms with Gasteiger partial charge in [0.1, 0.15) is 0 Å². The number of methoxy groups -OCH3 is 1. The molecule has 0 aliphatic rings. The van der Waals surface area contributed by atoms with E-state index in [2.05, 4.69) is 15.4 Å². The number of ether oxygens (including phenoxy) is 1. The van der Waals surface area contributed by atoms with Gasteiger partial charge in [0.05, 0.1) is 7.11 Å². The molecule has 110 valence electrons. The van der Waals surface area contributed by atoms with Gasteiger partial charge in [-0.2, -0.15) is 0 Å². The fourth-order valence-corrected chi connectivity index (χ4v) is 1.47. The second-order valence-corrected chi connectivity index (χ2v) is 4.85. The van der Waals surface area contributed by atoms with E-state index < -0.39 is 6.09 Å². The summed E-state index contributed by atoms with van der Waals surface area (Å²) in [6.07, 6.45) is -0.260. The first kappa shape index (κ1) is 16.0. The molecule has 1 unspecified atom stereocenters. The normalized spacial score (nSPS) is 11.8. The first-order valence-electron chi connectivity index (χ1n) is 6.43. The maximum absolute atomic E-state index is 11.8. The van der Waals surface area contributed by atoms with E-state index in [4.69, 9.17) is 5.73 Å². The van der Waals surface area contributed by atoms with Crippen molar-refractivity contribution in [1.82, 2.24) is 0 Å². The van der Waals surface area contributed by atoms with E-state index in [1.165, 1.54) is 7.11 Å². The molecule has 0 bridgehead atoms. The Labute approximate surface area is 118 Å². The average molecular weight is 279 g/mol. The molecule has 0 aliphatic heterocycles. The van der Waals surface area contributed by atoms with E-state index in [0.29, 0.717) is 11.4 Å². The largest absolute Gasteiger partial charge is 0.453 e. The van der Waals surface area contributed by atoms with E-state index >= 15 is 0 Å². The van der Waals surface area contributed by atoms with Crippen LogP contribution in [0.4, 0.5) is 16.2 Å². The van der Waals surface area contributed by atoms with Crippen molar-refractivity contribution in [3.05, 3.63) is 24.3 Å². The van der Waals surface area contributed by atoms with Gasteiger partial charge in [-0.1, -0.05) is 13.8 Å². The lowest BCUT2D eigenvalue weighted by Crippen LogP contribution is -2.31. The quantitative estimate of drug-likeness (QED) is 0.770. The third kappa shape index (κ3) is 5.27. The summed E-state index contributed by atoms with van der Waals surface area (Å²) in [5.74, 6) is 0.132. The molecule has 0 radical (unpaired) electrons. The number of carbonyl (C=O) groups is 2. The fourth-order valence-electron chi connectivity index (χ4n) is 1.47. The van der Waals surface area contributed by atoms with Crippen molar-refractivity contribution in [2.24, 2.45) is 11.7 Å². The number of anilines is 2. The van der Waals surface area contributed by atoms with E-state index in [1.807, 2.05) is 13.8 Å². The zero-order chi connectivity index (χ0) is 15.1. The lowest BCUT2D eigenvalue weighted by molar-refractivity contribution is -0.116. The van der Waals surface area contributed by atoms with Crippen LogP contribution in [0, 0.1) is 5.92 Å². The Hall–Kier alpha value is -2.08. The molecule has 6 nitrogen and oxygen atoms in total. The van der Waals surface area contributed by atoms with Gasteiger partial charge >= 0.3 is 6.09 Å². The minimum atomic E-state index is -0.537. The molecular weight excluding hydrogens is 258 g/mol. The van der Waals surface area contributed by atoms with Gasteiger partial charge in [0, 0.05) is 23.8 Å². The fraction of sp³-hybridized carbons (Fsp3) is 0.429. The first-order chi connectivity index (χ1) is 9.42. The molecule has 0 heterocycles. The number of nitrogens with one attached hydrogen (secondary N) is 2. The third-order valence-electron chi connectivity index (χ3n) is 2.88. The highest BCUT2D eigenvalue weighted by Crippen LogP contribution is 2.14. The maximum atomic E-state index is 11.8. The van der Waals surface area contributed by atoms with Gasteiger partial charge in [0.15, 0.2) is 0 Å². The van der Waals surface area contributed by atoms with Crippen LogP contribution in [0.2, 0.25) is 0 Å². The molecule has 0 saturated heterocycles. The van der Waals surface area contributed by atoms with Crippen LogP contribution in [0.5, 0.6) is 0 Å². The second-order valence-electron chi connectivity index (χ2n) is 4.85. The van der Waals surface area contributed by atoms with Crippen LogP contribution < -0.4 is 16.4 Å². The Bertz CT molecular complexity index is 457. The summed E-state index contributed by atoms with van der Waals surface area (Å²) in [6.45, 7) is 3.95. The Morgan fingerprint density at radius 1 is 1.15 bits per heavy atom. The number of hydrogen-bond acceptors (Lipinski definition) is 4. The summed E-state index contributed by atoms with van der Waals surface area (Å²) in [6, 6.07) is 6.59. The molecule has 1 atom stereocenters. The van der Waals surface area contributed by atoms with Crippen LogP contribution in [0.15, 0.2) is 24.3 Å². The number of carbonyl (C=O) groups excluding carboxylic acids is 2. The highest BCUT2D eigenvalue weighted by Gasteiger charge is 2.13. The molecule has 0 aromatic heterocycles. The summed E-state index contributed by atoms with van der Waals surface area (Å²) in [5, 5.41) is 5.28. The number of amides is 2. The van der Waals surface area contributed by atoms with Gasteiger partial charge in [0.2, 0.25) is 5.91 Å². The zero-order valence-electron chi connectivity index (χ0n) is 12.0. The maximum Gasteiger partial charge on any atom is 0.411 e. The van der Waals surface area contributed by atoms with Crippen molar-refractivity contribution < 1.29 is 14.3 Å². The second kappa shape index (κ2) is 7.49. The van der Waals surface area contributed by atoms with Crippen LogP contribution in [0.3, 0.4) is 0 Å². The molecule has 20 heavy (non-hydrogen) atoms. The predicted molar refractivity (Wildman–Crippen MR) is 78.5 cm³/mol. The SMILES string of the molecule is COC(=O)Nc1ccc(NC(=O)CC(N)C(C)C)cc1. The van der Waals surface area contributed by atoms with Gasteiger partial charge < -0.3 is 15.8 Å². The van der Waals surface area contributed by atoms with Crippen LogP contribution in [0.25, 0.3) is 0 Å². The monoisotopic (exact) mass is 279 g/mol. The Balaban J connectivity index is 2.53. The standard InChI is InChI=1S/C14H21N3O3/c1-9(2)12(15)8-13(18)16-10-4-6-11(7-5-10)17-14(19)20-3/h4-7,9,12H,8,15H2,1-3H3,(H,16,18)(H,17,19). The number of benzene rings is 1. The molecule has 1 aromatic carbocycles. The molecule has 1 aromatic rings. The number of rotatable bonds is 5. The summed E-state index contributed by atoms with van der Waals surface area (Å²) in [4.78, 5) is 22.8. The van der Waals surface area contributed by atoms with Crippen molar-refractivity contribution in [3.8, 4) is 0 Å². The highest BCUT2D eigenvalue weighted by atomic mass is 16.5. The Kier molecular flexibility index (Phi) is 5.99. The lowest BCUT2D eigenvalue weighted by Gasteiger charge is -2.15. The topological polar surface area (TPSA) is 93.5 Å². The Morgan fingerprint density at radius 3 is 2.10 bits per heavy atom. The van der Waals surface area contributed by atoms with Crippen molar-refractivity contribution in [2.75, 3.05) is 17.7 Å². The summed E-state index contributed by atoms with van der Waals surface area (Å²) in [7, 11) is 1.29. The van der Waals surface area contributed by atoms with Crippen LogP contribution >= 0.6 is 0 Å². The number of nitrogens with two attached hydrogens (primary N) is 1. The molecule has 0 aliphatic carbocycles. The summed E-state index contributed by atoms with van der Waals surface area (Å²) >= 11 is 0. The molecule has 0 fully saturated rings. The lowest BCUT2D eigenvalue weighted by atomic mass is 10.0. The van der Waals surface area contributed by atoms with Crippen molar-refractivity contribution in [1.29, 1.82) is 0 Å². The summed E-state index contributed by atoms with van der Waals surface area (Å²) in [5.41, 5.74) is 7.09. The minimum Gasteiger partial charge on any atom is -0.453 e. The van der Waals surface area contributed by atoms with Gasteiger partial charge in [0.25, 0.3) is 0 Å². The molecular formula is C14H21N3O3. The Morgan fingerprint density at radius 2 is 1.65 bits per heavy atom. The highest BCUT2D eigenvalue weighted by molar-refractivity contribution is 5.91. The first-order valence-corrected chi connectivity index (χ1v) is 6.43. The molecule has 4 N–H and O–H groups in total. The molecule has 2 amide bonds. The van der Waals surface area contributed by atoms with E-state index in [9.17, 15) is 9.59 Å². The van der Waals surface area contributed by atoms with Crippen LogP contribution in [-0.4, -0.2) is 25.2 Å². The van der Waals surface area contributed by atoms with Crippen molar-refractivity contribution in [2.45, 2.75) is 26.3 Å². The van der Waals surface area contributed by atoms with Gasteiger partial charge in [-0.05, 0) is 30.2 Å². The van der Waals surface area contributed by atoms with Gasteiger partial charge in [-0.25, -0.2) is 4.79 Å². The van der Waals surface area contributed by atoms with Crippen LogP contribution in [0.1, 0.15) is 20.3 Å². The summed E-state index contributed by atoms with van der Waals surface area (Å²) < 4.78 is 4.48. The predicted octanol–water partition coefficient (Wildman–Crippen LogP) is 2.18. The average Bonchev–Trinajstić information content (AvgIpc) is 2.40. The number of hydrogen-bond donors (Lipinski definition) is 3. The van der Waals surface area contributed by atoms with E-state index in [-0.39, 0.29) is 24.3 Å². The smallest absolute Gasteiger partial charge is 0.411 e. The minimum absolute atomic E-state index is 0.125. The van der Waals surface area contributed by atoms with Gasteiger partial charge in [-0.3, -0.25) is 10.1 Å². The van der Waals surface area contributed by atoms with Crippen LogP contribution in [-0.2, 0) is 9.53 Å². The molecule has 0 saturated carbocycles. The van der Waals surface area contributed by atoms with E-state index in [0.717, 1.165) is 0 Å². The molecule has 6 heteroatoms. The third-order valence-corrected chi connectivity index (χ3v) is 2.88. The zero-order valence-corrected chi connectivity index (χ0v) is 12.0. The van der Waals surface area contributed by atoms with Crippen molar-refractivity contribution >= 4 is 23.4 Å². The molecule has 1 rings (SSSR count). The van der Waals surface area contributed by atoms with Gasteiger partial charge in [-0.15, -0.1) is 0 Å². The molecule has 0 spiro atoms. The van der Waals surface area contributed by atoms with E-state index in [1.54, 1.807) is 24.3 Å². The van der Waals surface area contributed by atoms with Crippen molar-refractivity contribution in [3.63, 3.8) is 0 Å².